The fourth-order valence-electron chi connectivity index (χ4n) is 2.16. The van der Waals surface area contributed by atoms with Crippen molar-refractivity contribution in [3.8, 4) is 11.4 Å². The first-order chi connectivity index (χ1) is 11.2. The first-order valence-electron chi connectivity index (χ1n) is 7.10. The molecule has 2 N–H and O–H groups in total. The highest BCUT2D eigenvalue weighted by Crippen LogP contribution is 2.21. The average molecular weight is 328 g/mol. The maximum absolute atomic E-state index is 11.1. The molecular formula is C15H16N6OS. The van der Waals surface area contributed by atoms with Gasteiger partial charge in [-0.2, -0.15) is 5.10 Å². The van der Waals surface area contributed by atoms with E-state index in [2.05, 4.69) is 30.0 Å². The number of rotatable bonds is 6. The van der Waals surface area contributed by atoms with Gasteiger partial charge in [0.2, 0.25) is 5.91 Å². The number of nitrogens with one attached hydrogen (secondary N) is 2. The lowest BCUT2D eigenvalue weighted by Gasteiger charge is -2.08. The van der Waals surface area contributed by atoms with Crippen molar-refractivity contribution < 1.29 is 4.79 Å². The van der Waals surface area contributed by atoms with Crippen molar-refractivity contribution in [2.45, 2.75) is 18.6 Å². The van der Waals surface area contributed by atoms with Crippen molar-refractivity contribution in [1.82, 2.24) is 24.7 Å². The molecule has 2 aromatic heterocycles. The van der Waals surface area contributed by atoms with Crippen molar-refractivity contribution in [2.24, 2.45) is 0 Å². The predicted molar refractivity (Wildman–Crippen MR) is 89.1 cm³/mol. The summed E-state index contributed by atoms with van der Waals surface area (Å²) in [4.78, 5) is 19.6. The van der Waals surface area contributed by atoms with E-state index in [-0.39, 0.29) is 5.91 Å². The zero-order valence-corrected chi connectivity index (χ0v) is 13.4. The van der Waals surface area contributed by atoms with E-state index in [1.165, 1.54) is 13.3 Å². The van der Waals surface area contributed by atoms with E-state index in [1.54, 1.807) is 18.0 Å². The second kappa shape index (κ2) is 7.10. The van der Waals surface area contributed by atoms with E-state index < -0.39 is 0 Å². The predicted octanol–water partition coefficient (Wildman–Crippen LogP) is 2.42. The van der Waals surface area contributed by atoms with Crippen LogP contribution in [0.25, 0.3) is 11.4 Å². The summed E-state index contributed by atoms with van der Waals surface area (Å²) in [5, 5.41) is 10.2. The van der Waals surface area contributed by atoms with E-state index in [0.717, 1.165) is 34.5 Å². The minimum absolute atomic E-state index is 0.0799. The van der Waals surface area contributed by atoms with Gasteiger partial charge in [-0.15, -0.1) is 0 Å². The standard InChI is InChI=1S/C15H16N6OS/c1-11(22)19-13-4-2-12(3-5-13)14-16-6-7-21(14)8-9-23-15-17-10-18-20-15/h2-7,10H,8-9H2,1H3,(H,19,22)(H,17,18,20). The van der Waals surface area contributed by atoms with Crippen LogP contribution in [-0.4, -0.2) is 36.4 Å². The SMILES string of the molecule is CC(=O)Nc1ccc(-c2nccn2CCSc2ncn[nH]2)cc1. The van der Waals surface area contributed by atoms with E-state index in [1.807, 2.05) is 30.5 Å². The van der Waals surface area contributed by atoms with Crippen LogP contribution in [0.1, 0.15) is 6.92 Å². The molecule has 1 amide bonds. The Morgan fingerprint density at radius 1 is 1.30 bits per heavy atom. The topological polar surface area (TPSA) is 88.5 Å². The number of imidazole rings is 1. The normalized spacial score (nSPS) is 10.7. The fourth-order valence-corrected chi connectivity index (χ4v) is 2.88. The number of amides is 1. The molecule has 23 heavy (non-hydrogen) atoms. The van der Waals surface area contributed by atoms with Gasteiger partial charge >= 0.3 is 0 Å². The van der Waals surface area contributed by atoms with Gasteiger partial charge in [0.1, 0.15) is 12.2 Å². The number of carbonyl (C=O) groups excluding carboxylic acids is 1. The van der Waals surface area contributed by atoms with Crippen LogP contribution in [0.5, 0.6) is 0 Å². The van der Waals surface area contributed by atoms with Gasteiger partial charge in [-0.05, 0) is 24.3 Å². The Morgan fingerprint density at radius 2 is 2.13 bits per heavy atom. The molecule has 118 valence electrons. The van der Waals surface area contributed by atoms with Crippen LogP contribution >= 0.6 is 11.8 Å². The van der Waals surface area contributed by atoms with Crippen molar-refractivity contribution >= 4 is 23.4 Å². The number of benzene rings is 1. The molecular weight excluding hydrogens is 312 g/mol. The van der Waals surface area contributed by atoms with Gasteiger partial charge in [-0.3, -0.25) is 9.89 Å². The third kappa shape index (κ3) is 3.98. The van der Waals surface area contributed by atoms with Crippen LogP contribution in [0.3, 0.4) is 0 Å². The Bertz CT molecular complexity index is 766. The second-order valence-corrected chi connectivity index (χ2v) is 5.93. The molecule has 1 aromatic carbocycles. The van der Waals surface area contributed by atoms with Crippen molar-refractivity contribution in [3.63, 3.8) is 0 Å². The lowest BCUT2D eigenvalue weighted by Crippen LogP contribution is -2.05. The van der Waals surface area contributed by atoms with Crippen LogP contribution in [0.2, 0.25) is 0 Å². The Balaban J connectivity index is 1.66. The summed E-state index contributed by atoms with van der Waals surface area (Å²) in [6.45, 7) is 2.31. The van der Waals surface area contributed by atoms with Crippen molar-refractivity contribution in [2.75, 3.05) is 11.1 Å². The molecule has 2 heterocycles. The smallest absolute Gasteiger partial charge is 0.221 e. The number of aromatic nitrogens is 5. The molecule has 8 heteroatoms. The van der Waals surface area contributed by atoms with Gasteiger partial charge in [-0.25, -0.2) is 9.97 Å². The first-order valence-corrected chi connectivity index (χ1v) is 8.08. The van der Waals surface area contributed by atoms with Gasteiger partial charge in [0.25, 0.3) is 0 Å². The lowest BCUT2D eigenvalue weighted by molar-refractivity contribution is -0.114. The minimum atomic E-state index is -0.0799. The maximum Gasteiger partial charge on any atom is 0.221 e. The first kappa shape index (κ1) is 15.3. The molecule has 0 saturated carbocycles. The summed E-state index contributed by atoms with van der Waals surface area (Å²) in [5.74, 6) is 1.68. The molecule has 7 nitrogen and oxygen atoms in total. The van der Waals surface area contributed by atoms with Gasteiger partial charge < -0.3 is 9.88 Å². The van der Waals surface area contributed by atoms with Gasteiger partial charge in [0, 0.05) is 42.9 Å². The number of aryl methyl sites for hydroxylation is 1. The molecule has 3 aromatic rings. The van der Waals surface area contributed by atoms with Gasteiger partial charge in [0.15, 0.2) is 5.16 Å². The number of nitrogens with zero attached hydrogens (tertiary/aromatic N) is 4. The largest absolute Gasteiger partial charge is 0.330 e. The molecule has 0 aliphatic rings. The summed E-state index contributed by atoms with van der Waals surface area (Å²) in [7, 11) is 0. The summed E-state index contributed by atoms with van der Waals surface area (Å²) >= 11 is 1.61. The number of thioether (sulfide) groups is 1. The van der Waals surface area contributed by atoms with E-state index in [4.69, 9.17) is 0 Å². The lowest BCUT2D eigenvalue weighted by atomic mass is 10.2. The average Bonchev–Trinajstić information content (AvgIpc) is 3.19. The Labute approximate surface area is 137 Å². The number of hydrogen-bond acceptors (Lipinski definition) is 5. The van der Waals surface area contributed by atoms with Crippen LogP contribution in [-0.2, 0) is 11.3 Å². The van der Waals surface area contributed by atoms with E-state index >= 15 is 0 Å². The van der Waals surface area contributed by atoms with Crippen LogP contribution < -0.4 is 5.32 Å². The Kier molecular flexibility index (Phi) is 4.72. The third-order valence-corrected chi connectivity index (χ3v) is 4.00. The molecule has 0 radical (unpaired) electrons. The van der Waals surface area contributed by atoms with E-state index in [9.17, 15) is 4.79 Å². The molecule has 0 unspecified atom stereocenters. The molecule has 0 atom stereocenters. The molecule has 3 rings (SSSR count). The summed E-state index contributed by atoms with van der Waals surface area (Å²) in [5.41, 5.74) is 1.79. The van der Waals surface area contributed by atoms with Crippen molar-refractivity contribution in [3.05, 3.63) is 43.0 Å². The number of H-pyrrole nitrogens is 1. The zero-order chi connectivity index (χ0) is 16.1. The zero-order valence-electron chi connectivity index (χ0n) is 12.6. The molecule has 0 aliphatic heterocycles. The van der Waals surface area contributed by atoms with E-state index in [0.29, 0.717) is 0 Å². The maximum atomic E-state index is 11.1. The summed E-state index contributed by atoms with van der Waals surface area (Å²) < 4.78 is 2.09. The molecule has 0 bridgehead atoms. The van der Waals surface area contributed by atoms with Gasteiger partial charge in [0.05, 0.1) is 0 Å². The summed E-state index contributed by atoms with van der Waals surface area (Å²) in [6, 6.07) is 7.65. The van der Waals surface area contributed by atoms with Crippen molar-refractivity contribution in [1.29, 1.82) is 0 Å². The summed E-state index contributed by atoms with van der Waals surface area (Å²) in [6.07, 6.45) is 5.25. The monoisotopic (exact) mass is 328 g/mol. The second-order valence-electron chi connectivity index (χ2n) is 4.84. The highest BCUT2D eigenvalue weighted by Gasteiger charge is 2.07. The van der Waals surface area contributed by atoms with Crippen LogP contribution in [0.4, 0.5) is 5.69 Å². The number of hydrogen-bond donors (Lipinski definition) is 2. The quantitative estimate of drug-likeness (QED) is 0.678. The molecule has 0 fully saturated rings. The highest BCUT2D eigenvalue weighted by atomic mass is 32.2. The number of anilines is 1. The van der Waals surface area contributed by atoms with Gasteiger partial charge in [-0.1, -0.05) is 11.8 Å². The minimum Gasteiger partial charge on any atom is -0.330 e. The molecule has 0 saturated heterocycles. The molecule has 0 aliphatic carbocycles. The Hall–Kier alpha value is -2.61. The Morgan fingerprint density at radius 3 is 2.83 bits per heavy atom. The third-order valence-electron chi connectivity index (χ3n) is 3.14. The molecule has 0 spiro atoms. The number of aromatic amines is 1. The fraction of sp³-hybridized carbons (Fsp3) is 0.200. The van der Waals surface area contributed by atoms with Crippen LogP contribution in [0.15, 0.2) is 48.1 Å². The highest BCUT2D eigenvalue weighted by molar-refractivity contribution is 7.99. The number of carbonyl (C=O) groups is 1. The van der Waals surface area contributed by atoms with Crippen LogP contribution in [0, 0.1) is 0 Å².